The van der Waals surface area contributed by atoms with Crippen molar-refractivity contribution in [3.05, 3.63) is 78.4 Å². The molecule has 4 rings (SSSR count). The maximum absolute atomic E-state index is 13.4. The molecule has 4 heterocycles. The average Bonchev–Trinajstić information content (AvgIpc) is 3.06. The lowest BCUT2D eigenvalue weighted by Gasteiger charge is -2.04. The van der Waals surface area contributed by atoms with Gasteiger partial charge >= 0.3 is 0 Å². The van der Waals surface area contributed by atoms with Crippen LogP contribution in [0.5, 0.6) is 0 Å². The van der Waals surface area contributed by atoms with E-state index >= 15 is 0 Å². The molecular formula is C17H10FN5O. The molecule has 0 N–H and O–H groups in total. The molecule has 4 aromatic rings. The maximum atomic E-state index is 13.4. The molecule has 0 aliphatic carbocycles. The average molecular weight is 319 g/mol. The third kappa shape index (κ3) is 2.32. The maximum Gasteiger partial charge on any atom is 0.216 e. The summed E-state index contributed by atoms with van der Waals surface area (Å²) in [5.74, 6) is -0.856. The minimum Gasteiger partial charge on any atom is -0.287 e. The largest absolute Gasteiger partial charge is 0.287 e. The van der Waals surface area contributed by atoms with Crippen molar-refractivity contribution in [3.8, 4) is 11.3 Å². The normalized spacial score (nSPS) is 10.9. The molecule has 0 saturated carbocycles. The number of ketones is 1. The molecule has 0 aliphatic rings. The van der Waals surface area contributed by atoms with E-state index in [1.807, 2.05) is 0 Å². The van der Waals surface area contributed by atoms with Crippen LogP contribution in [0.2, 0.25) is 0 Å². The molecular weight excluding hydrogens is 309 g/mol. The highest BCUT2D eigenvalue weighted by Gasteiger charge is 2.18. The number of aromatic nitrogens is 5. The minimum absolute atomic E-state index is 0.267. The second-order valence-corrected chi connectivity index (χ2v) is 5.04. The van der Waals surface area contributed by atoms with E-state index in [-0.39, 0.29) is 5.78 Å². The van der Waals surface area contributed by atoms with Crippen molar-refractivity contribution in [3.63, 3.8) is 0 Å². The van der Waals surface area contributed by atoms with Gasteiger partial charge in [-0.15, -0.1) is 0 Å². The number of carbonyl (C=O) groups is 1. The van der Waals surface area contributed by atoms with Crippen LogP contribution in [-0.4, -0.2) is 30.3 Å². The molecule has 0 atom stereocenters. The number of hydrogen-bond donors (Lipinski definition) is 0. The third-order valence-corrected chi connectivity index (χ3v) is 3.57. The number of nitrogens with zero attached hydrogens (tertiary/aromatic N) is 5. The van der Waals surface area contributed by atoms with Crippen molar-refractivity contribution in [2.75, 3.05) is 0 Å². The van der Waals surface area contributed by atoms with Crippen LogP contribution in [0.4, 0.5) is 4.39 Å². The highest BCUT2D eigenvalue weighted by molar-refractivity contribution is 6.11. The van der Waals surface area contributed by atoms with Crippen LogP contribution in [0, 0.1) is 5.95 Å². The smallest absolute Gasteiger partial charge is 0.216 e. The van der Waals surface area contributed by atoms with Crippen LogP contribution in [0.25, 0.3) is 16.9 Å². The summed E-state index contributed by atoms with van der Waals surface area (Å²) >= 11 is 0. The molecule has 116 valence electrons. The number of hydrogen-bond acceptors (Lipinski definition) is 5. The quantitative estimate of drug-likeness (QED) is 0.428. The van der Waals surface area contributed by atoms with Crippen molar-refractivity contribution in [1.82, 2.24) is 24.6 Å². The predicted octanol–water partition coefficient (Wildman–Crippen LogP) is 2.56. The number of carbonyl (C=O) groups excluding carboxylic acids is 1. The van der Waals surface area contributed by atoms with Crippen molar-refractivity contribution >= 4 is 11.4 Å². The Labute approximate surface area is 135 Å². The number of fused-ring (bicyclic) bond motifs is 1. The molecule has 0 saturated heterocycles. The van der Waals surface area contributed by atoms with Gasteiger partial charge < -0.3 is 0 Å². The Kier molecular flexibility index (Phi) is 3.31. The van der Waals surface area contributed by atoms with Gasteiger partial charge in [0.25, 0.3) is 0 Å². The van der Waals surface area contributed by atoms with Gasteiger partial charge in [-0.05, 0) is 24.3 Å². The minimum atomic E-state index is -0.589. The zero-order valence-electron chi connectivity index (χ0n) is 12.3. The van der Waals surface area contributed by atoms with Crippen LogP contribution in [0.3, 0.4) is 0 Å². The molecule has 0 fully saturated rings. The zero-order valence-corrected chi connectivity index (χ0v) is 12.3. The molecule has 0 radical (unpaired) electrons. The fourth-order valence-electron chi connectivity index (χ4n) is 2.47. The first-order valence-corrected chi connectivity index (χ1v) is 7.14. The predicted molar refractivity (Wildman–Crippen MR) is 83.8 cm³/mol. The van der Waals surface area contributed by atoms with Crippen molar-refractivity contribution in [1.29, 1.82) is 0 Å². The molecule has 0 bridgehead atoms. The molecule has 0 amide bonds. The van der Waals surface area contributed by atoms with Gasteiger partial charge in [-0.1, -0.05) is 6.07 Å². The Balaban J connectivity index is 1.87. The zero-order chi connectivity index (χ0) is 16.5. The summed E-state index contributed by atoms with van der Waals surface area (Å²) in [6, 6.07) is 9.78. The molecule has 0 spiro atoms. The molecule has 7 heteroatoms. The first-order valence-electron chi connectivity index (χ1n) is 7.14. The van der Waals surface area contributed by atoms with Crippen LogP contribution in [0.1, 0.15) is 16.1 Å². The van der Waals surface area contributed by atoms with Gasteiger partial charge in [-0.2, -0.15) is 9.49 Å². The number of halogens is 1. The summed E-state index contributed by atoms with van der Waals surface area (Å²) in [6.45, 7) is 0. The summed E-state index contributed by atoms with van der Waals surface area (Å²) < 4.78 is 14.9. The Morgan fingerprint density at radius 3 is 2.67 bits per heavy atom. The Hall–Kier alpha value is -3.48. The summed E-state index contributed by atoms with van der Waals surface area (Å²) in [5, 5.41) is 4.23. The lowest BCUT2D eigenvalue weighted by atomic mass is 10.1. The summed E-state index contributed by atoms with van der Waals surface area (Å²) in [7, 11) is 0. The van der Waals surface area contributed by atoms with E-state index in [1.54, 1.807) is 42.7 Å². The van der Waals surface area contributed by atoms with Crippen LogP contribution >= 0.6 is 0 Å². The second-order valence-electron chi connectivity index (χ2n) is 5.04. The number of pyridine rings is 2. The van der Waals surface area contributed by atoms with Crippen LogP contribution in [0.15, 0.2) is 61.2 Å². The molecule has 0 unspecified atom stereocenters. The second kappa shape index (κ2) is 5.62. The fraction of sp³-hybridized carbons (Fsp3) is 0. The van der Waals surface area contributed by atoms with Gasteiger partial charge in [0.1, 0.15) is 5.69 Å². The van der Waals surface area contributed by atoms with Crippen molar-refractivity contribution in [2.45, 2.75) is 0 Å². The first-order chi connectivity index (χ1) is 11.7. The molecule has 0 aliphatic heterocycles. The Bertz CT molecular complexity index is 1050. The number of rotatable bonds is 3. The monoisotopic (exact) mass is 319 g/mol. The van der Waals surface area contributed by atoms with Gasteiger partial charge in [0.15, 0.2) is 5.65 Å². The fourth-order valence-corrected chi connectivity index (χ4v) is 2.47. The van der Waals surface area contributed by atoms with E-state index in [1.165, 1.54) is 23.0 Å². The molecule has 6 nitrogen and oxygen atoms in total. The highest BCUT2D eigenvalue weighted by Crippen LogP contribution is 2.22. The van der Waals surface area contributed by atoms with E-state index in [0.29, 0.717) is 28.2 Å². The SMILES string of the molecule is O=C(c1ccccn1)c1cnn2c(-c3ccnc(F)c3)ccnc12. The van der Waals surface area contributed by atoms with Crippen LogP contribution < -0.4 is 0 Å². The standard InChI is InChI=1S/C17H10FN5O/c18-15-9-11(4-7-20-15)14-5-8-21-17-12(10-22-23(14)17)16(24)13-3-1-2-6-19-13/h1-10H. The lowest BCUT2D eigenvalue weighted by molar-refractivity contribution is 0.103. The molecule has 0 aromatic carbocycles. The van der Waals surface area contributed by atoms with Gasteiger partial charge in [-0.3, -0.25) is 9.78 Å². The van der Waals surface area contributed by atoms with Gasteiger partial charge in [0, 0.05) is 30.2 Å². The first kappa shape index (κ1) is 14.1. The topological polar surface area (TPSA) is 73.0 Å². The third-order valence-electron chi connectivity index (χ3n) is 3.57. The van der Waals surface area contributed by atoms with E-state index in [0.717, 1.165) is 0 Å². The summed E-state index contributed by atoms with van der Waals surface area (Å²) in [6.07, 6.45) is 5.93. The lowest BCUT2D eigenvalue weighted by Crippen LogP contribution is -2.04. The van der Waals surface area contributed by atoms with Crippen molar-refractivity contribution < 1.29 is 9.18 Å². The van der Waals surface area contributed by atoms with E-state index in [4.69, 9.17) is 0 Å². The van der Waals surface area contributed by atoms with Gasteiger partial charge in [0.2, 0.25) is 11.7 Å². The van der Waals surface area contributed by atoms with Gasteiger partial charge in [-0.25, -0.2) is 14.5 Å². The van der Waals surface area contributed by atoms with Crippen LogP contribution in [-0.2, 0) is 0 Å². The van der Waals surface area contributed by atoms with E-state index in [2.05, 4.69) is 20.1 Å². The molecule has 24 heavy (non-hydrogen) atoms. The highest BCUT2D eigenvalue weighted by atomic mass is 19.1. The van der Waals surface area contributed by atoms with Gasteiger partial charge in [0.05, 0.1) is 17.5 Å². The van der Waals surface area contributed by atoms with E-state index < -0.39 is 5.95 Å². The Morgan fingerprint density at radius 1 is 1.00 bits per heavy atom. The Morgan fingerprint density at radius 2 is 1.88 bits per heavy atom. The summed E-state index contributed by atoms with van der Waals surface area (Å²) in [5.41, 5.74) is 2.25. The van der Waals surface area contributed by atoms with E-state index in [9.17, 15) is 9.18 Å². The molecule has 4 aromatic heterocycles. The summed E-state index contributed by atoms with van der Waals surface area (Å²) in [4.78, 5) is 24.4. The van der Waals surface area contributed by atoms with Crippen molar-refractivity contribution in [2.24, 2.45) is 0 Å².